The standard InChI is InChI=1S/C15H23NO4/c1-5-16-12(8-14(17)18)15(19)11-6-10(3)13(20-4)7-9(11)2/h6-7,12,15-16,19H,5,8H2,1-4H3,(H,17,18). The highest BCUT2D eigenvalue weighted by Gasteiger charge is 2.24. The topological polar surface area (TPSA) is 78.8 Å². The first kappa shape index (κ1) is 16.5. The van der Waals surface area contributed by atoms with E-state index in [1.165, 1.54) is 0 Å². The number of aliphatic hydroxyl groups excluding tert-OH is 1. The van der Waals surface area contributed by atoms with Crippen LogP contribution in [0.15, 0.2) is 12.1 Å². The molecule has 2 atom stereocenters. The molecule has 0 aliphatic rings. The molecular weight excluding hydrogens is 258 g/mol. The molecule has 0 aliphatic carbocycles. The van der Waals surface area contributed by atoms with Crippen molar-refractivity contribution in [1.82, 2.24) is 5.32 Å². The summed E-state index contributed by atoms with van der Waals surface area (Å²) in [6, 6.07) is 3.20. The van der Waals surface area contributed by atoms with Crippen LogP contribution in [-0.4, -0.2) is 35.9 Å². The molecule has 20 heavy (non-hydrogen) atoms. The van der Waals surface area contributed by atoms with Crippen LogP contribution in [0, 0.1) is 13.8 Å². The van der Waals surface area contributed by atoms with Gasteiger partial charge in [-0.1, -0.05) is 6.92 Å². The van der Waals surface area contributed by atoms with Gasteiger partial charge in [-0.05, 0) is 49.2 Å². The molecule has 3 N–H and O–H groups in total. The second-order valence-corrected chi connectivity index (χ2v) is 4.89. The Bertz CT molecular complexity index is 473. The molecule has 0 fully saturated rings. The molecule has 0 saturated heterocycles. The van der Waals surface area contributed by atoms with Crippen molar-refractivity contribution in [2.24, 2.45) is 0 Å². The Balaban J connectivity index is 3.07. The fourth-order valence-electron chi connectivity index (χ4n) is 2.31. The lowest BCUT2D eigenvalue weighted by Gasteiger charge is -2.24. The number of methoxy groups -OCH3 is 1. The highest BCUT2D eigenvalue weighted by atomic mass is 16.5. The number of hydrogen-bond acceptors (Lipinski definition) is 4. The highest BCUT2D eigenvalue weighted by molar-refractivity contribution is 5.67. The van der Waals surface area contributed by atoms with E-state index in [1.807, 2.05) is 32.9 Å². The van der Waals surface area contributed by atoms with E-state index in [0.29, 0.717) is 6.54 Å². The number of ether oxygens (including phenoxy) is 1. The zero-order chi connectivity index (χ0) is 15.3. The molecule has 0 bridgehead atoms. The summed E-state index contributed by atoms with van der Waals surface area (Å²) in [7, 11) is 1.60. The number of hydrogen-bond donors (Lipinski definition) is 3. The first-order valence-corrected chi connectivity index (χ1v) is 6.69. The fourth-order valence-corrected chi connectivity index (χ4v) is 2.31. The first-order chi connectivity index (χ1) is 9.40. The maximum Gasteiger partial charge on any atom is 0.305 e. The third-order valence-corrected chi connectivity index (χ3v) is 3.34. The predicted octanol–water partition coefficient (Wildman–Crippen LogP) is 1.80. The third-order valence-electron chi connectivity index (χ3n) is 3.34. The largest absolute Gasteiger partial charge is 0.496 e. The lowest BCUT2D eigenvalue weighted by atomic mass is 9.94. The summed E-state index contributed by atoms with van der Waals surface area (Å²) in [5, 5.41) is 22.4. The Morgan fingerprint density at radius 1 is 1.35 bits per heavy atom. The minimum atomic E-state index is -0.933. The molecule has 1 aromatic carbocycles. The highest BCUT2D eigenvalue weighted by Crippen LogP contribution is 2.29. The molecule has 0 radical (unpaired) electrons. The van der Waals surface area contributed by atoms with Crippen LogP contribution in [0.5, 0.6) is 5.75 Å². The molecule has 1 rings (SSSR count). The van der Waals surface area contributed by atoms with Gasteiger partial charge in [-0.25, -0.2) is 0 Å². The van der Waals surface area contributed by atoms with E-state index >= 15 is 0 Å². The number of aliphatic carboxylic acids is 1. The summed E-state index contributed by atoms with van der Waals surface area (Å²) < 4.78 is 5.24. The van der Waals surface area contributed by atoms with Crippen molar-refractivity contribution in [2.45, 2.75) is 39.3 Å². The van der Waals surface area contributed by atoms with Crippen LogP contribution in [0.1, 0.15) is 36.1 Å². The van der Waals surface area contributed by atoms with Crippen molar-refractivity contribution in [1.29, 1.82) is 0 Å². The number of benzene rings is 1. The number of likely N-dealkylation sites (N-methyl/N-ethyl adjacent to an activating group) is 1. The Morgan fingerprint density at radius 3 is 2.50 bits per heavy atom. The van der Waals surface area contributed by atoms with Gasteiger partial charge in [-0.3, -0.25) is 4.79 Å². The van der Waals surface area contributed by atoms with Crippen LogP contribution >= 0.6 is 0 Å². The molecule has 0 heterocycles. The van der Waals surface area contributed by atoms with Crippen LogP contribution in [0.3, 0.4) is 0 Å². The quantitative estimate of drug-likeness (QED) is 0.710. The van der Waals surface area contributed by atoms with Crippen molar-refractivity contribution in [3.8, 4) is 5.75 Å². The molecule has 5 heteroatoms. The fraction of sp³-hybridized carbons (Fsp3) is 0.533. The molecule has 0 spiro atoms. The van der Waals surface area contributed by atoms with E-state index < -0.39 is 18.1 Å². The Morgan fingerprint density at radius 2 is 2.00 bits per heavy atom. The van der Waals surface area contributed by atoms with Crippen molar-refractivity contribution < 1.29 is 19.7 Å². The van der Waals surface area contributed by atoms with Gasteiger partial charge in [0.2, 0.25) is 0 Å². The van der Waals surface area contributed by atoms with Gasteiger partial charge in [-0.2, -0.15) is 0 Å². The van der Waals surface area contributed by atoms with Crippen molar-refractivity contribution in [2.75, 3.05) is 13.7 Å². The monoisotopic (exact) mass is 281 g/mol. The van der Waals surface area contributed by atoms with Gasteiger partial charge in [-0.15, -0.1) is 0 Å². The Hall–Kier alpha value is -1.59. The van der Waals surface area contributed by atoms with E-state index in [1.54, 1.807) is 7.11 Å². The maximum atomic E-state index is 10.9. The van der Waals surface area contributed by atoms with Crippen LogP contribution in [0.2, 0.25) is 0 Å². The summed E-state index contributed by atoms with van der Waals surface area (Å²) in [4.78, 5) is 10.9. The van der Waals surface area contributed by atoms with E-state index in [-0.39, 0.29) is 6.42 Å². The van der Waals surface area contributed by atoms with Crippen LogP contribution < -0.4 is 10.1 Å². The predicted molar refractivity (Wildman–Crippen MR) is 77.1 cm³/mol. The second kappa shape index (κ2) is 7.26. The molecule has 1 aromatic rings. The zero-order valence-corrected chi connectivity index (χ0v) is 12.4. The molecule has 0 aliphatic heterocycles. The number of aryl methyl sites for hydroxylation is 2. The lowest BCUT2D eigenvalue weighted by molar-refractivity contribution is -0.138. The second-order valence-electron chi connectivity index (χ2n) is 4.89. The zero-order valence-electron chi connectivity index (χ0n) is 12.4. The van der Waals surface area contributed by atoms with Crippen molar-refractivity contribution in [3.63, 3.8) is 0 Å². The van der Waals surface area contributed by atoms with Gasteiger partial charge in [0.25, 0.3) is 0 Å². The molecule has 112 valence electrons. The summed E-state index contributed by atoms with van der Waals surface area (Å²) in [6.07, 6.45) is -0.991. The first-order valence-electron chi connectivity index (χ1n) is 6.69. The number of rotatable bonds is 7. The van der Waals surface area contributed by atoms with Gasteiger partial charge in [0, 0.05) is 6.04 Å². The summed E-state index contributed by atoms with van der Waals surface area (Å²) in [5.41, 5.74) is 2.53. The average Bonchev–Trinajstić information content (AvgIpc) is 2.39. The number of nitrogens with one attached hydrogen (secondary N) is 1. The molecule has 0 amide bonds. The maximum absolute atomic E-state index is 10.9. The van der Waals surface area contributed by atoms with E-state index in [9.17, 15) is 9.90 Å². The van der Waals surface area contributed by atoms with Crippen molar-refractivity contribution in [3.05, 3.63) is 28.8 Å². The SMILES string of the molecule is CCNC(CC(=O)O)C(O)c1cc(C)c(OC)cc1C. The average molecular weight is 281 g/mol. The third kappa shape index (κ3) is 3.95. The lowest BCUT2D eigenvalue weighted by Crippen LogP contribution is -2.37. The van der Waals surface area contributed by atoms with Gasteiger partial charge < -0.3 is 20.3 Å². The minimum Gasteiger partial charge on any atom is -0.496 e. The summed E-state index contributed by atoms with van der Waals surface area (Å²) in [6.45, 7) is 6.26. The molecular formula is C15H23NO4. The molecule has 5 nitrogen and oxygen atoms in total. The van der Waals surface area contributed by atoms with E-state index in [4.69, 9.17) is 9.84 Å². The number of aliphatic hydroxyl groups is 1. The summed E-state index contributed by atoms with van der Waals surface area (Å²) >= 11 is 0. The Labute approximate surface area is 119 Å². The van der Waals surface area contributed by atoms with Gasteiger partial charge >= 0.3 is 5.97 Å². The van der Waals surface area contributed by atoms with Crippen LogP contribution in [-0.2, 0) is 4.79 Å². The number of carbonyl (C=O) groups is 1. The van der Waals surface area contributed by atoms with Gasteiger partial charge in [0.15, 0.2) is 0 Å². The van der Waals surface area contributed by atoms with Gasteiger partial charge in [0.05, 0.1) is 19.6 Å². The summed E-state index contributed by atoms with van der Waals surface area (Å²) in [5.74, 6) is -0.172. The van der Waals surface area contributed by atoms with E-state index in [2.05, 4.69) is 5.32 Å². The minimum absolute atomic E-state index is 0.125. The Kier molecular flexibility index (Phi) is 5.98. The normalized spacial score (nSPS) is 13.8. The molecule has 2 unspecified atom stereocenters. The van der Waals surface area contributed by atoms with Crippen LogP contribution in [0.25, 0.3) is 0 Å². The molecule has 0 aromatic heterocycles. The van der Waals surface area contributed by atoms with E-state index in [0.717, 1.165) is 22.4 Å². The number of carboxylic acid groups (broad SMARTS) is 1. The van der Waals surface area contributed by atoms with Crippen LogP contribution in [0.4, 0.5) is 0 Å². The molecule has 0 saturated carbocycles. The van der Waals surface area contributed by atoms with Gasteiger partial charge in [0.1, 0.15) is 5.75 Å². The smallest absolute Gasteiger partial charge is 0.305 e. The van der Waals surface area contributed by atoms with Crippen molar-refractivity contribution >= 4 is 5.97 Å². The number of carboxylic acids is 1.